The Hall–Kier alpha value is -4.04. The largest absolute Gasteiger partial charge is 0.497 e. The molecule has 3 aromatic carbocycles. The standard InChI is InChI=1S/C25H21N3O4S/c1-15-4-13-21(16(2)14-15)23-22(17-5-9-19(10-6-17)28(30)31)26-25(33-23)27-24(29)18-7-11-20(32-3)12-8-18/h4-14H,1-3H3,(H,26,27,29). The molecule has 0 aliphatic rings. The lowest BCUT2D eigenvalue weighted by molar-refractivity contribution is -0.384. The van der Waals surface area contributed by atoms with E-state index in [4.69, 9.17) is 4.74 Å². The number of aromatic nitrogens is 1. The van der Waals surface area contributed by atoms with Gasteiger partial charge in [0.05, 0.1) is 22.6 Å². The van der Waals surface area contributed by atoms with Gasteiger partial charge in [-0.3, -0.25) is 20.2 Å². The van der Waals surface area contributed by atoms with E-state index in [0.717, 1.165) is 27.1 Å². The summed E-state index contributed by atoms with van der Waals surface area (Å²) in [5, 5.41) is 14.4. The highest BCUT2D eigenvalue weighted by atomic mass is 32.1. The molecule has 1 N–H and O–H groups in total. The summed E-state index contributed by atoms with van der Waals surface area (Å²) in [6.07, 6.45) is 0. The minimum Gasteiger partial charge on any atom is -0.497 e. The van der Waals surface area contributed by atoms with E-state index in [2.05, 4.69) is 16.4 Å². The van der Waals surface area contributed by atoms with Gasteiger partial charge in [-0.05, 0) is 61.4 Å². The number of nitro benzene ring substituents is 1. The molecular formula is C25H21N3O4S. The van der Waals surface area contributed by atoms with Crippen LogP contribution in [0.25, 0.3) is 21.7 Å². The fourth-order valence-corrected chi connectivity index (χ4v) is 4.55. The van der Waals surface area contributed by atoms with Crippen LogP contribution in [0.15, 0.2) is 66.7 Å². The second kappa shape index (κ2) is 9.22. The van der Waals surface area contributed by atoms with Crippen molar-refractivity contribution < 1.29 is 14.5 Å². The van der Waals surface area contributed by atoms with E-state index in [-0.39, 0.29) is 11.6 Å². The van der Waals surface area contributed by atoms with Crippen LogP contribution in [0.4, 0.5) is 10.8 Å². The number of benzene rings is 3. The zero-order valence-electron chi connectivity index (χ0n) is 18.3. The number of amides is 1. The van der Waals surface area contributed by atoms with Gasteiger partial charge in [0.25, 0.3) is 11.6 Å². The summed E-state index contributed by atoms with van der Waals surface area (Å²) in [7, 11) is 1.57. The summed E-state index contributed by atoms with van der Waals surface area (Å²) >= 11 is 1.37. The Bertz CT molecular complexity index is 1330. The number of carbonyl (C=O) groups excluding carboxylic acids is 1. The summed E-state index contributed by atoms with van der Waals surface area (Å²) in [6, 6.07) is 19.2. The summed E-state index contributed by atoms with van der Waals surface area (Å²) in [5.41, 5.74) is 5.10. The van der Waals surface area contributed by atoms with Crippen molar-refractivity contribution in [1.82, 2.24) is 4.98 Å². The number of hydrogen-bond acceptors (Lipinski definition) is 6. The van der Waals surface area contributed by atoms with Gasteiger partial charge in [0.15, 0.2) is 5.13 Å². The van der Waals surface area contributed by atoms with Crippen molar-refractivity contribution in [1.29, 1.82) is 0 Å². The molecule has 0 bridgehead atoms. The third-order valence-corrected chi connectivity index (χ3v) is 6.18. The molecule has 1 aromatic heterocycles. The second-order valence-corrected chi connectivity index (χ2v) is 8.50. The number of rotatable bonds is 6. The zero-order valence-corrected chi connectivity index (χ0v) is 19.1. The van der Waals surface area contributed by atoms with Crippen LogP contribution in [-0.4, -0.2) is 22.9 Å². The van der Waals surface area contributed by atoms with Crippen LogP contribution in [0.2, 0.25) is 0 Å². The molecule has 0 radical (unpaired) electrons. The van der Waals surface area contributed by atoms with Crippen LogP contribution < -0.4 is 10.1 Å². The van der Waals surface area contributed by atoms with Gasteiger partial charge in [0, 0.05) is 23.3 Å². The lowest BCUT2D eigenvalue weighted by Crippen LogP contribution is -2.11. The first-order valence-electron chi connectivity index (χ1n) is 10.1. The quantitative estimate of drug-likeness (QED) is 0.271. The second-order valence-electron chi connectivity index (χ2n) is 7.50. The minimum atomic E-state index is -0.434. The monoisotopic (exact) mass is 459 g/mol. The molecule has 4 rings (SSSR count). The molecule has 1 amide bonds. The van der Waals surface area contributed by atoms with E-state index in [9.17, 15) is 14.9 Å². The summed E-state index contributed by atoms with van der Waals surface area (Å²) in [5.74, 6) is 0.382. The third-order valence-electron chi connectivity index (χ3n) is 5.18. The molecule has 0 saturated carbocycles. The smallest absolute Gasteiger partial charge is 0.269 e. The SMILES string of the molecule is COc1ccc(C(=O)Nc2nc(-c3ccc([N+](=O)[O-])cc3)c(-c3ccc(C)cc3C)s2)cc1. The highest BCUT2D eigenvalue weighted by Crippen LogP contribution is 2.41. The Morgan fingerprint density at radius 3 is 2.33 bits per heavy atom. The summed E-state index contributed by atoms with van der Waals surface area (Å²) in [4.78, 5) is 29.0. The first-order valence-corrected chi connectivity index (χ1v) is 11.0. The van der Waals surface area contributed by atoms with Gasteiger partial charge >= 0.3 is 0 Å². The fourth-order valence-electron chi connectivity index (χ4n) is 3.47. The molecule has 7 nitrogen and oxygen atoms in total. The van der Waals surface area contributed by atoms with Crippen molar-refractivity contribution >= 4 is 28.1 Å². The number of ether oxygens (including phenoxy) is 1. The van der Waals surface area contributed by atoms with Crippen LogP contribution in [0.5, 0.6) is 5.75 Å². The van der Waals surface area contributed by atoms with Crippen molar-refractivity contribution in [3.63, 3.8) is 0 Å². The third kappa shape index (κ3) is 4.75. The van der Waals surface area contributed by atoms with E-state index >= 15 is 0 Å². The van der Waals surface area contributed by atoms with E-state index in [1.165, 1.54) is 23.5 Å². The maximum atomic E-state index is 12.8. The molecule has 0 atom stereocenters. The molecule has 0 spiro atoms. The van der Waals surface area contributed by atoms with Crippen LogP contribution in [-0.2, 0) is 0 Å². The Morgan fingerprint density at radius 2 is 1.73 bits per heavy atom. The minimum absolute atomic E-state index is 0.00933. The number of thiazole rings is 1. The van der Waals surface area contributed by atoms with E-state index in [1.54, 1.807) is 43.5 Å². The molecule has 0 aliphatic carbocycles. The Balaban J connectivity index is 1.74. The van der Waals surface area contributed by atoms with Crippen LogP contribution in [0.1, 0.15) is 21.5 Å². The number of aryl methyl sites for hydroxylation is 2. The molecule has 33 heavy (non-hydrogen) atoms. The van der Waals surface area contributed by atoms with Crippen molar-refractivity contribution in [3.8, 4) is 27.4 Å². The number of nitrogens with one attached hydrogen (secondary N) is 1. The maximum absolute atomic E-state index is 12.8. The normalized spacial score (nSPS) is 10.6. The molecular weight excluding hydrogens is 438 g/mol. The number of hydrogen-bond donors (Lipinski definition) is 1. The van der Waals surface area contributed by atoms with Gasteiger partial charge in [-0.15, -0.1) is 0 Å². The van der Waals surface area contributed by atoms with Crippen molar-refractivity contribution in [2.24, 2.45) is 0 Å². The lowest BCUT2D eigenvalue weighted by atomic mass is 10.0. The van der Waals surface area contributed by atoms with Crippen LogP contribution >= 0.6 is 11.3 Å². The molecule has 8 heteroatoms. The van der Waals surface area contributed by atoms with Gasteiger partial charge in [0.2, 0.25) is 0 Å². The molecule has 0 aliphatic heterocycles. The number of nitro groups is 1. The van der Waals surface area contributed by atoms with Crippen LogP contribution in [0, 0.1) is 24.0 Å². The van der Waals surface area contributed by atoms with E-state index in [1.807, 2.05) is 26.0 Å². The molecule has 0 fully saturated rings. The Kier molecular flexibility index (Phi) is 6.19. The lowest BCUT2D eigenvalue weighted by Gasteiger charge is -2.07. The average molecular weight is 460 g/mol. The van der Waals surface area contributed by atoms with Gasteiger partial charge in [0.1, 0.15) is 5.75 Å². The number of nitrogens with zero attached hydrogens (tertiary/aromatic N) is 2. The fraction of sp³-hybridized carbons (Fsp3) is 0.120. The number of methoxy groups -OCH3 is 1. The first-order chi connectivity index (χ1) is 15.9. The number of anilines is 1. The Labute approximate surface area is 194 Å². The molecule has 1 heterocycles. The number of carbonyl (C=O) groups is 1. The van der Waals surface area contributed by atoms with Crippen molar-refractivity contribution in [2.75, 3.05) is 12.4 Å². The van der Waals surface area contributed by atoms with Gasteiger partial charge in [-0.1, -0.05) is 35.1 Å². The summed E-state index contributed by atoms with van der Waals surface area (Å²) in [6.45, 7) is 4.05. The van der Waals surface area contributed by atoms with E-state index < -0.39 is 4.92 Å². The maximum Gasteiger partial charge on any atom is 0.269 e. The molecule has 4 aromatic rings. The van der Waals surface area contributed by atoms with Crippen molar-refractivity contribution in [2.45, 2.75) is 13.8 Å². The predicted molar refractivity (Wildman–Crippen MR) is 130 cm³/mol. The number of non-ortho nitro benzene ring substituents is 1. The highest BCUT2D eigenvalue weighted by Gasteiger charge is 2.19. The van der Waals surface area contributed by atoms with E-state index in [0.29, 0.717) is 22.1 Å². The first kappa shape index (κ1) is 22.2. The Morgan fingerprint density at radius 1 is 1.03 bits per heavy atom. The summed E-state index contributed by atoms with van der Waals surface area (Å²) < 4.78 is 5.14. The van der Waals surface area contributed by atoms with Crippen LogP contribution in [0.3, 0.4) is 0 Å². The average Bonchev–Trinajstić information content (AvgIpc) is 3.22. The van der Waals surface area contributed by atoms with Gasteiger partial charge in [-0.25, -0.2) is 4.98 Å². The molecule has 0 saturated heterocycles. The topological polar surface area (TPSA) is 94.4 Å². The highest BCUT2D eigenvalue weighted by molar-refractivity contribution is 7.19. The predicted octanol–water partition coefficient (Wildman–Crippen LogP) is 6.26. The molecule has 166 valence electrons. The van der Waals surface area contributed by atoms with Crippen molar-refractivity contribution in [3.05, 3.63) is 93.5 Å². The van der Waals surface area contributed by atoms with Gasteiger partial charge in [-0.2, -0.15) is 0 Å². The zero-order chi connectivity index (χ0) is 23.5. The van der Waals surface area contributed by atoms with Gasteiger partial charge < -0.3 is 4.74 Å². The molecule has 0 unspecified atom stereocenters.